The molecular weight excluding hydrogens is 594 g/mol. The molecule has 3 aromatic carbocycles. The largest absolute Gasteiger partial charge is 0.463 e. The number of primary sulfonamides is 1. The first-order valence-corrected chi connectivity index (χ1v) is 16.5. The number of aromatic nitrogens is 1. The number of amides is 1. The van der Waals surface area contributed by atoms with Gasteiger partial charge in [0.1, 0.15) is 10.8 Å². The van der Waals surface area contributed by atoms with Gasteiger partial charge in [0, 0.05) is 13.7 Å². The van der Waals surface area contributed by atoms with Crippen molar-refractivity contribution in [3.63, 3.8) is 0 Å². The van der Waals surface area contributed by atoms with Gasteiger partial charge in [0.15, 0.2) is 15.1 Å². The number of thiazole rings is 1. The molecule has 3 N–H and O–H groups in total. The van der Waals surface area contributed by atoms with E-state index in [-0.39, 0.29) is 17.3 Å². The third-order valence-electron chi connectivity index (χ3n) is 6.02. The van der Waals surface area contributed by atoms with Crippen molar-refractivity contribution in [1.82, 2.24) is 10.3 Å². The zero-order valence-corrected chi connectivity index (χ0v) is 24.4. The molecule has 218 valence electrons. The highest BCUT2D eigenvalue weighted by Gasteiger charge is 2.37. The highest BCUT2D eigenvalue weighted by molar-refractivity contribution is 7.91. The van der Waals surface area contributed by atoms with Gasteiger partial charge in [-0.15, -0.1) is 11.3 Å². The van der Waals surface area contributed by atoms with E-state index in [1.807, 2.05) is 36.4 Å². The summed E-state index contributed by atoms with van der Waals surface area (Å²) in [7, 11) is -6.47. The number of carbonyl (C=O) groups excluding carboxylic acids is 1. The smallest absolute Gasteiger partial charge is 0.245 e. The number of nitrogens with two attached hydrogens (primary N) is 1. The number of nitrogens with one attached hydrogen (secondary N) is 1. The van der Waals surface area contributed by atoms with Crippen molar-refractivity contribution in [3.05, 3.63) is 82.9 Å². The van der Waals surface area contributed by atoms with Gasteiger partial charge in [-0.3, -0.25) is 4.79 Å². The van der Waals surface area contributed by atoms with Crippen LogP contribution in [-0.2, 0) is 41.8 Å². The van der Waals surface area contributed by atoms with Crippen LogP contribution in [-0.4, -0.2) is 54.0 Å². The van der Waals surface area contributed by atoms with Crippen LogP contribution < -0.4 is 15.2 Å². The quantitative estimate of drug-likeness (QED) is 0.230. The first-order valence-electron chi connectivity index (χ1n) is 12.3. The van der Waals surface area contributed by atoms with Crippen LogP contribution in [0.25, 0.3) is 21.3 Å². The first kappa shape index (κ1) is 30.5. The lowest BCUT2D eigenvalue weighted by atomic mass is 10.0. The minimum Gasteiger partial charge on any atom is -0.463 e. The molecule has 0 aliphatic carbocycles. The number of methoxy groups -OCH3 is 1. The zero-order chi connectivity index (χ0) is 29.6. The number of rotatable bonds is 13. The molecule has 0 spiro atoms. The van der Waals surface area contributed by atoms with Crippen LogP contribution in [0, 0.1) is 0 Å². The molecule has 0 saturated heterocycles. The maximum atomic E-state index is 13.6. The lowest BCUT2D eigenvalue weighted by molar-refractivity contribution is -0.120. The number of ether oxygens (including phenoxy) is 2. The van der Waals surface area contributed by atoms with Gasteiger partial charge in [0.05, 0.1) is 28.3 Å². The van der Waals surface area contributed by atoms with Crippen LogP contribution >= 0.6 is 11.3 Å². The van der Waals surface area contributed by atoms with Crippen molar-refractivity contribution in [3.8, 4) is 16.9 Å². The van der Waals surface area contributed by atoms with Crippen molar-refractivity contribution in [2.45, 2.75) is 17.6 Å². The average Bonchev–Trinajstić information content (AvgIpc) is 3.32. The normalized spacial score (nSPS) is 12.8. The van der Waals surface area contributed by atoms with E-state index < -0.39 is 49.4 Å². The summed E-state index contributed by atoms with van der Waals surface area (Å²) in [6.07, 6.45) is 0. The SMILES string of the molecule is COCc1ccc(-c2ccc3nc(C(C(=O)NCCS(N)(=O)=O)S(=O)(=O)Cc4ccc(OCF)cc4)sc3c2)cc1. The fraction of sp³-hybridized carbons (Fsp3) is 0.259. The van der Waals surface area contributed by atoms with Crippen LogP contribution in [0.3, 0.4) is 0 Å². The molecular formula is C27H28FN3O7S3. The van der Waals surface area contributed by atoms with E-state index in [4.69, 9.17) is 14.6 Å². The lowest BCUT2D eigenvalue weighted by Crippen LogP contribution is -2.37. The Balaban J connectivity index is 1.67. The highest BCUT2D eigenvalue weighted by Crippen LogP contribution is 2.35. The van der Waals surface area contributed by atoms with Gasteiger partial charge < -0.3 is 14.8 Å². The topological polar surface area (TPSA) is 155 Å². The molecule has 4 aromatic rings. The van der Waals surface area contributed by atoms with E-state index in [1.54, 1.807) is 13.2 Å². The summed E-state index contributed by atoms with van der Waals surface area (Å²) in [5.41, 5.74) is 3.69. The van der Waals surface area contributed by atoms with Gasteiger partial charge in [-0.2, -0.15) is 0 Å². The number of alkyl halides is 1. The zero-order valence-electron chi connectivity index (χ0n) is 21.9. The second-order valence-electron chi connectivity index (χ2n) is 9.11. The Morgan fingerprint density at radius 2 is 1.66 bits per heavy atom. The van der Waals surface area contributed by atoms with Crippen LogP contribution in [0.5, 0.6) is 5.75 Å². The fourth-order valence-electron chi connectivity index (χ4n) is 4.09. The average molecular weight is 622 g/mol. The van der Waals surface area contributed by atoms with E-state index in [2.05, 4.69) is 10.3 Å². The number of halogens is 1. The maximum absolute atomic E-state index is 13.6. The van der Waals surface area contributed by atoms with E-state index >= 15 is 0 Å². The minimum absolute atomic E-state index is 0.0399. The molecule has 41 heavy (non-hydrogen) atoms. The first-order chi connectivity index (χ1) is 19.5. The molecule has 1 aromatic heterocycles. The van der Waals surface area contributed by atoms with Crippen LogP contribution in [0.4, 0.5) is 4.39 Å². The molecule has 0 saturated carbocycles. The molecule has 4 rings (SSSR count). The second kappa shape index (κ2) is 13.0. The summed E-state index contributed by atoms with van der Waals surface area (Å²) < 4.78 is 73.0. The molecule has 1 heterocycles. The van der Waals surface area contributed by atoms with E-state index in [1.165, 1.54) is 24.3 Å². The molecule has 0 aliphatic heterocycles. The number of nitrogens with zero attached hydrogens (tertiary/aromatic N) is 1. The Bertz CT molecular complexity index is 1720. The second-order valence-corrected chi connectivity index (χ2v) is 14.0. The molecule has 0 radical (unpaired) electrons. The van der Waals surface area contributed by atoms with Crippen molar-refractivity contribution in [1.29, 1.82) is 0 Å². The van der Waals surface area contributed by atoms with Crippen molar-refractivity contribution in [2.75, 3.05) is 26.3 Å². The Morgan fingerprint density at radius 3 is 2.29 bits per heavy atom. The van der Waals surface area contributed by atoms with Crippen molar-refractivity contribution >= 4 is 47.3 Å². The molecule has 1 atom stereocenters. The van der Waals surface area contributed by atoms with E-state index in [0.29, 0.717) is 22.4 Å². The van der Waals surface area contributed by atoms with Crippen molar-refractivity contribution < 1.29 is 35.5 Å². The highest BCUT2D eigenvalue weighted by atomic mass is 32.2. The van der Waals surface area contributed by atoms with Gasteiger partial charge in [-0.1, -0.05) is 42.5 Å². The number of sulfone groups is 1. The van der Waals surface area contributed by atoms with Crippen molar-refractivity contribution in [2.24, 2.45) is 5.14 Å². The summed E-state index contributed by atoms with van der Waals surface area (Å²) in [6, 6.07) is 19.0. The minimum atomic E-state index is -4.21. The molecule has 14 heteroatoms. The number of fused-ring (bicyclic) bond motifs is 1. The van der Waals surface area contributed by atoms with Gasteiger partial charge in [-0.25, -0.2) is 31.3 Å². The summed E-state index contributed by atoms with van der Waals surface area (Å²) in [6.45, 7) is -0.911. The van der Waals surface area contributed by atoms with Gasteiger partial charge in [0.25, 0.3) is 0 Å². The molecule has 0 bridgehead atoms. The Labute approximate surface area is 241 Å². The van der Waals surface area contributed by atoms with Gasteiger partial charge in [0.2, 0.25) is 22.8 Å². The molecule has 1 unspecified atom stereocenters. The maximum Gasteiger partial charge on any atom is 0.245 e. The summed E-state index contributed by atoms with van der Waals surface area (Å²) in [5, 5.41) is 5.72. The number of hydrogen-bond donors (Lipinski definition) is 2. The van der Waals surface area contributed by atoms with Crippen LogP contribution in [0.15, 0.2) is 66.7 Å². The molecule has 0 fully saturated rings. The fourth-order valence-corrected chi connectivity index (χ4v) is 7.64. The van der Waals surface area contributed by atoms with Gasteiger partial charge in [-0.05, 0) is 46.5 Å². The summed E-state index contributed by atoms with van der Waals surface area (Å²) >= 11 is 1.06. The number of hydrogen-bond acceptors (Lipinski definition) is 9. The standard InChI is InChI=1S/C27H28FN3O7S3/c1-37-15-18-2-6-20(7-3-18)21-8-11-23-24(14-21)39-27(31-23)25(26(32)30-12-13-41(29,35)36)40(33,34)16-19-4-9-22(10-5-19)38-17-28/h2-11,14,25H,12-13,15-17H2,1H3,(H,30,32)(H2,29,35,36). The Hall–Kier alpha value is -3.43. The third-order valence-corrected chi connectivity index (χ3v) is 9.92. The molecule has 1 amide bonds. The van der Waals surface area contributed by atoms with Crippen LogP contribution in [0.1, 0.15) is 21.4 Å². The predicted molar refractivity (Wildman–Crippen MR) is 155 cm³/mol. The summed E-state index contributed by atoms with van der Waals surface area (Å²) in [5.74, 6) is -1.78. The van der Waals surface area contributed by atoms with Crippen LogP contribution in [0.2, 0.25) is 0 Å². The number of carbonyl (C=O) groups is 1. The summed E-state index contributed by atoms with van der Waals surface area (Å²) in [4.78, 5) is 17.7. The number of benzene rings is 3. The number of sulfonamides is 1. The third kappa shape index (κ3) is 8.07. The Morgan fingerprint density at radius 1 is 1.00 bits per heavy atom. The predicted octanol–water partition coefficient (Wildman–Crippen LogP) is 3.48. The van der Waals surface area contributed by atoms with E-state index in [0.717, 1.165) is 28.0 Å². The lowest BCUT2D eigenvalue weighted by Gasteiger charge is -2.16. The van der Waals surface area contributed by atoms with E-state index in [9.17, 15) is 26.0 Å². The monoisotopic (exact) mass is 621 g/mol. The van der Waals surface area contributed by atoms with Gasteiger partial charge >= 0.3 is 0 Å². The molecule has 0 aliphatic rings. The Kier molecular flexibility index (Phi) is 9.71. The molecule has 10 nitrogen and oxygen atoms in total.